The van der Waals surface area contributed by atoms with Gasteiger partial charge in [-0.1, -0.05) is 12.1 Å². The van der Waals surface area contributed by atoms with Gasteiger partial charge in [-0.05, 0) is 44.0 Å². The van der Waals surface area contributed by atoms with Crippen LogP contribution in [0.4, 0.5) is 5.69 Å². The average molecular weight is 417 g/mol. The number of amides is 1. The van der Waals surface area contributed by atoms with Gasteiger partial charge >= 0.3 is 0 Å². The maximum absolute atomic E-state index is 12.4. The van der Waals surface area contributed by atoms with Gasteiger partial charge in [-0.3, -0.25) is 4.79 Å². The van der Waals surface area contributed by atoms with Gasteiger partial charge in [0.25, 0.3) is 5.91 Å². The van der Waals surface area contributed by atoms with Gasteiger partial charge in [0.15, 0.2) is 0 Å². The van der Waals surface area contributed by atoms with Crippen LogP contribution in [0.15, 0.2) is 29.6 Å². The monoisotopic (exact) mass is 416 g/mol. The van der Waals surface area contributed by atoms with Crippen LogP contribution in [0.25, 0.3) is 0 Å². The first-order valence-corrected chi connectivity index (χ1v) is 9.35. The number of benzene rings is 1. The molecular weight excluding hydrogens is 391 g/mol. The van der Waals surface area contributed by atoms with Crippen molar-refractivity contribution in [2.24, 2.45) is 5.73 Å². The highest BCUT2D eigenvalue weighted by molar-refractivity contribution is 7.09. The molecule has 3 N–H and O–H groups in total. The molecule has 1 saturated heterocycles. The van der Waals surface area contributed by atoms with Crippen LogP contribution < -0.4 is 16.0 Å². The van der Waals surface area contributed by atoms with E-state index in [1.54, 1.807) is 5.38 Å². The number of halogens is 2. The number of carbonyl (C=O) groups excluding carboxylic acids is 1. The summed E-state index contributed by atoms with van der Waals surface area (Å²) >= 11 is 1.49. The maximum Gasteiger partial charge on any atom is 0.271 e. The van der Waals surface area contributed by atoms with Gasteiger partial charge < -0.3 is 16.0 Å². The first-order chi connectivity index (χ1) is 11.7. The Morgan fingerprint density at radius 3 is 2.77 bits per heavy atom. The highest BCUT2D eigenvalue weighted by Crippen LogP contribution is 2.24. The molecule has 0 bridgehead atoms. The summed E-state index contributed by atoms with van der Waals surface area (Å²) in [5, 5.41) is 5.75. The second kappa shape index (κ2) is 10.7. The lowest BCUT2D eigenvalue weighted by molar-refractivity contribution is 0.0935. The average Bonchev–Trinajstić information content (AvgIpc) is 3.27. The Morgan fingerprint density at radius 1 is 1.35 bits per heavy atom. The summed E-state index contributed by atoms with van der Waals surface area (Å²) in [5.41, 5.74) is 8.37. The van der Waals surface area contributed by atoms with Gasteiger partial charge in [0.1, 0.15) is 5.69 Å². The summed E-state index contributed by atoms with van der Waals surface area (Å²) in [5.74, 6) is -0.131. The number of aromatic nitrogens is 1. The molecule has 1 atom stereocenters. The Labute approximate surface area is 171 Å². The first-order valence-electron chi connectivity index (χ1n) is 8.47. The number of nitrogens with one attached hydrogen (secondary N) is 1. The predicted molar refractivity (Wildman–Crippen MR) is 113 cm³/mol. The van der Waals surface area contributed by atoms with E-state index in [2.05, 4.69) is 39.5 Å². The van der Waals surface area contributed by atoms with Crippen molar-refractivity contribution in [3.8, 4) is 0 Å². The molecule has 1 fully saturated rings. The van der Waals surface area contributed by atoms with Crippen molar-refractivity contribution in [3.05, 3.63) is 45.9 Å². The molecule has 2 aromatic rings. The summed E-state index contributed by atoms with van der Waals surface area (Å²) in [6.45, 7) is 4.79. The van der Waals surface area contributed by atoms with Crippen LogP contribution in [-0.4, -0.2) is 30.5 Å². The van der Waals surface area contributed by atoms with Gasteiger partial charge in [-0.2, -0.15) is 0 Å². The van der Waals surface area contributed by atoms with Crippen molar-refractivity contribution in [3.63, 3.8) is 0 Å². The molecule has 26 heavy (non-hydrogen) atoms. The van der Waals surface area contributed by atoms with E-state index in [0.717, 1.165) is 23.7 Å². The van der Waals surface area contributed by atoms with Gasteiger partial charge in [0, 0.05) is 30.6 Å². The van der Waals surface area contributed by atoms with Gasteiger partial charge in [-0.25, -0.2) is 4.98 Å². The van der Waals surface area contributed by atoms with Crippen molar-refractivity contribution in [2.75, 3.05) is 24.5 Å². The maximum atomic E-state index is 12.4. The summed E-state index contributed by atoms with van der Waals surface area (Å²) in [6, 6.07) is 8.39. The minimum absolute atomic E-state index is 0. The summed E-state index contributed by atoms with van der Waals surface area (Å²) < 4.78 is 0. The molecule has 2 heterocycles. The molecule has 5 nitrogen and oxygen atoms in total. The molecule has 1 aromatic carbocycles. The molecule has 8 heteroatoms. The Balaban J connectivity index is 0.00000169. The number of rotatable bonds is 6. The number of nitrogens with zero attached hydrogens (tertiary/aromatic N) is 2. The fourth-order valence-electron chi connectivity index (χ4n) is 2.97. The van der Waals surface area contributed by atoms with E-state index in [9.17, 15) is 4.79 Å². The number of carbonyl (C=O) groups is 1. The number of anilines is 1. The SMILES string of the molecule is CC(NC(=O)c1csc(CCN)n1)c1cccc(N2CCCC2)c1.Cl.Cl. The van der Waals surface area contributed by atoms with Crippen molar-refractivity contribution in [1.82, 2.24) is 10.3 Å². The summed E-state index contributed by atoms with van der Waals surface area (Å²) in [6.07, 6.45) is 3.22. The third-order valence-electron chi connectivity index (χ3n) is 4.33. The topological polar surface area (TPSA) is 71.2 Å². The highest BCUT2D eigenvalue weighted by atomic mass is 35.5. The van der Waals surface area contributed by atoms with Crippen LogP contribution in [-0.2, 0) is 6.42 Å². The van der Waals surface area contributed by atoms with Crippen LogP contribution in [0.5, 0.6) is 0 Å². The fourth-order valence-corrected chi connectivity index (χ4v) is 3.77. The van der Waals surface area contributed by atoms with E-state index in [1.807, 2.05) is 6.92 Å². The van der Waals surface area contributed by atoms with Crippen molar-refractivity contribution in [2.45, 2.75) is 32.2 Å². The zero-order valence-corrected chi connectivity index (χ0v) is 17.3. The smallest absolute Gasteiger partial charge is 0.271 e. The molecule has 1 amide bonds. The third-order valence-corrected chi connectivity index (χ3v) is 5.24. The zero-order chi connectivity index (χ0) is 16.9. The zero-order valence-electron chi connectivity index (χ0n) is 14.8. The number of nitrogens with two attached hydrogens (primary N) is 1. The predicted octanol–water partition coefficient (Wildman–Crippen LogP) is 3.58. The van der Waals surface area contributed by atoms with Crippen molar-refractivity contribution < 1.29 is 4.79 Å². The summed E-state index contributed by atoms with van der Waals surface area (Å²) in [7, 11) is 0. The number of hydrogen-bond donors (Lipinski definition) is 2. The molecule has 1 aliphatic heterocycles. The summed E-state index contributed by atoms with van der Waals surface area (Å²) in [4.78, 5) is 19.1. The molecule has 1 unspecified atom stereocenters. The minimum atomic E-state index is -0.131. The molecular formula is C18H26Cl2N4OS. The lowest BCUT2D eigenvalue weighted by atomic mass is 10.1. The van der Waals surface area contributed by atoms with Crippen LogP contribution in [0.2, 0.25) is 0 Å². The van der Waals surface area contributed by atoms with Gasteiger partial charge in [0.05, 0.1) is 11.0 Å². The van der Waals surface area contributed by atoms with E-state index < -0.39 is 0 Å². The van der Waals surface area contributed by atoms with E-state index >= 15 is 0 Å². The normalized spacial score (nSPS) is 14.3. The fraction of sp³-hybridized carbons (Fsp3) is 0.444. The van der Waals surface area contributed by atoms with E-state index in [1.165, 1.54) is 29.9 Å². The minimum Gasteiger partial charge on any atom is -0.372 e. The van der Waals surface area contributed by atoms with Crippen LogP contribution >= 0.6 is 36.2 Å². The largest absolute Gasteiger partial charge is 0.372 e. The second-order valence-electron chi connectivity index (χ2n) is 6.15. The van der Waals surface area contributed by atoms with E-state index in [0.29, 0.717) is 18.7 Å². The number of hydrogen-bond acceptors (Lipinski definition) is 5. The van der Waals surface area contributed by atoms with Gasteiger partial charge in [-0.15, -0.1) is 36.2 Å². The molecule has 144 valence electrons. The van der Waals surface area contributed by atoms with Crippen molar-refractivity contribution >= 4 is 47.7 Å². The molecule has 0 spiro atoms. The molecule has 3 rings (SSSR count). The molecule has 0 radical (unpaired) electrons. The Kier molecular flexibility index (Phi) is 9.36. The molecule has 0 saturated carbocycles. The standard InChI is InChI=1S/C18H24N4OS.2ClH/c1-13(20-18(23)16-12-24-17(21-16)7-8-19)14-5-4-6-15(11-14)22-9-2-3-10-22;;/h4-6,11-13H,2-3,7-10,19H2,1H3,(H,20,23);2*1H. The lowest BCUT2D eigenvalue weighted by Gasteiger charge is -2.20. The molecule has 1 aromatic heterocycles. The van der Waals surface area contributed by atoms with E-state index in [-0.39, 0.29) is 36.8 Å². The molecule has 0 aliphatic carbocycles. The quantitative estimate of drug-likeness (QED) is 0.754. The van der Waals surface area contributed by atoms with Gasteiger partial charge in [0.2, 0.25) is 0 Å². The number of thiazole rings is 1. The Hall–Kier alpha value is -1.34. The second-order valence-corrected chi connectivity index (χ2v) is 7.09. The third kappa shape index (κ3) is 5.58. The first kappa shape index (κ1) is 22.7. The Bertz CT molecular complexity index is 704. The molecule has 1 aliphatic rings. The lowest BCUT2D eigenvalue weighted by Crippen LogP contribution is -2.27. The van der Waals surface area contributed by atoms with Crippen LogP contribution in [0.3, 0.4) is 0 Å². The Morgan fingerprint density at radius 2 is 2.08 bits per heavy atom. The van der Waals surface area contributed by atoms with E-state index in [4.69, 9.17) is 5.73 Å². The van der Waals surface area contributed by atoms with Crippen LogP contribution in [0, 0.1) is 0 Å². The highest BCUT2D eigenvalue weighted by Gasteiger charge is 2.17. The van der Waals surface area contributed by atoms with Crippen molar-refractivity contribution in [1.29, 1.82) is 0 Å². The van der Waals surface area contributed by atoms with Crippen LogP contribution in [0.1, 0.15) is 46.9 Å².